The number of carboxylic acids is 1. The highest BCUT2D eigenvalue weighted by Crippen LogP contribution is 2.37. The van der Waals surface area contributed by atoms with E-state index in [1.807, 2.05) is 27.7 Å². The summed E-state index contributed by atoms with van der Waals surface area (Å²) in [5, 5.41) is 11.8. The van der Waals surface area contributed by atoms with Crippen molar-refractivity contribution in [3.8, 4) is 5.75 Å². The Kier molecular flexibility index (Phi) is 7.65. The van der Waals surface area contributed by atoms with Crippen molar-refractivity contribution in [1.82, 2.24) is 5.32 Å². The molecule has 0 bridgehead atoms. The quantitative estimate of drug-likeness (QED) is 0.601. The molecule has 2 N–H and O–H groups in total. The van der Waals surface area contributed by atoms with Crippen LogP contribution in [0.3, 0.4) is 0 Å². The highest BCUT2D eigenvalue weighted by Gasteiger charge is 2.50. The third-order valence-corrected chi connectivity index (χ3v) is 5.28. The number of hydrogen-bond acceptors (Lipinski definition) is 6. The van der Waals surface area contributed by atoms with E-state index in [0.717, 1.165) is 5.56 Å². The van der Waals surface area contributed by atoms with Crippen LogP contribution in [0, 0.1) is 0 Å². The summed E-state index contributed by atoms with van der Waals surface area (Å²) in [6, 6.07) is 6.00. The smallest absolute Gasteiger partial charge is 0.461 e. The van der Waals surface area contributed by atoms with Gasteiger partial charge < -0.3 is 29.2 Å². The van der Waals surface area contributed by atoms with E-state index in [1.165, 1.54) is 0 Å². The summed E-state index contributed by atoms with van der Waals surface area (Å²) in [5.41, 5.74) is -0.686. The van der Waals surface area contributed by atoms with Gasteiger partial charge in [0.2, 0.25) is 0 Å². The maximum absolute atomic E-state index is 11.9. The standard InChI is InChI=1S/C22H34BNO7/c1-20(2,3)29-19(27)24-17(18(25)26)14-15-8-10-16(11-9-15)28-13-12-23-30-21(4,5)22(6,7)31-23/h8-11,17H,12-14H2,1-7H3,(H,24,27)(H,25,26). The zero-order chi connectivity index (χ0) is 23.4. The Morgan fingerprint density at radius 2 is 1.65 bits per heavy atom. The molecule has 9 heteroatoms. The van der Waals surface area contributed by atoms with Gasteiger partial charge in [-0.15, -0.1) is 0 Å². The molecule has 8 nitrogen and oxygen atoms in total. The third kappa shape index (κ3) is 7.43. The van der Waals surface area contributed by atoms with Gasteiger partial charge in [0.1, 0.15) is 17.4 Å². The molecule has 1 heterocycles. The fraction of sp³-hybridized carbons (Fsp3) is 0.636. The van der Waals surface area contributed by atoms with Gasteiger partial charge in [0.15, 0.2) is 0 Å². The van der Waals surface area contributed by atoms with Crippen molar-refractivity contribution in [2.75, 3.05) is 6.61 Å². The first kappa shape index (κ1) is 25.0. The van der Waals surface area contributed by atoms with Crippen molar-refractivity contribution in [2.24, 2.45) is 0 Å². The molecule has 1 atom stereocenters. The molecule has 31 heavy (non-hydrogen) atoms. The molecule has 0 saturated carbocycles. The lowest BCUT2D eigenvalue weighted by Crippen LogP contribution is -2.44. The number of carboxylic acid groups (broad SMARTS) is 1. The Bertz CT molecular complexity index is 755. The first-order chi connectivity index (χ1) is 14.2. The summed E-state index contributed by atoms with van der Waals surface area (Å²) in [5.74, 6) is -0.471. The zero-order valence-electron chi connectivity index (χ0n) is 19.5. The molecular weight excluding hydrogens is 401 g/mol. The second-order valence-electron chi connectivity index (χ2n) is 9.71. The van der Waals surface area contributed by atoms with Gasteiger partial charge in [-0.1, -0.05) is 12.1 Å². The molecule has 0 radical (unpaired) electrons. The third-order valence-electron chi connectivity index (χ3n) is 5.28. The molecular formula is C22H34BNO7. The van der Waals surface area contributed by atoms with E-state index in [1.54, 1.807) is 45.0 Å². The number of benzene rings is 1. The summed E-state index contributed by atoms with van der Waals surface area (Å²) in [6.45, 7) is 13.6. The lowest BCUT2D eigenvalue weighted by Gasteiger charge is -2.32. The van der Waals surface area contributed by atoms with Crippen LogP contribution >= 0.6 is 0 Å². The van der Waals surface area contributed by atoms with Crippen LogP contribution in [0.15, 0.2) is 24.3 Å². The number of alkyl carbamates (subject to hydrolysis) is 1. The maximum Gasteiger partial charge on any atom is 0.461 e. The topological polar surface area (TPSA) is 103 Å². The van der Waals surface area contributed by atoms with Gasteiger partial charge >= 0.3 is 19.2 Å². The number of carbonyl (C=O) groups is 2. The van der Waals surface area contributed by atoms with Crippen LogP contribution in [0.5, 0.6) is 5.75 Å². The van der Waals surface area contributed by atoms with Gasteiger partial charge in [0, 0.05) is 12.7 Å². The SMILES string of the molecule is CC(C)(C)OC(=O)NC(Cc1ccc(OCCB2OC(C)(C)C(C)(C)O2)cc1)C(=O)O. The molecule has 1 aromatic carbocycles. The number of nitrogens with one attached hydrogen (secondary N) is 1. The summed E-state index contributed by atoms with van der Waals surface area (Å²) < 4.78 is 22.8. The van der Waals surface area contributed by atoms with Crippen molar-refractivity contribution in [2.45, 2.75) is 84.1 Å². The first-order valence-electron chi connectivity index (χ1n) is 10.5. The average molecular weight is 435 g/mol. The molecule has 0 aromatic heterocycles. The van der Waals surface area contributed by atoms with Crippen molar-refractivity contribution in [1.29, 1.82) is 0 Å². The predicted octanol–water partition coefficient (Wildman–Crippen LogP) is 3.68. The Labute approximate surface area is 184 Å². The maximum atomic E-state index is 11.9. The van der Waals surface area contributed by atoms with Gasteiger partial charge in [0.05, 0.1) is 17.8 Å². The molecule has 1 saturated heterocycles. The minimum Gasteiger partial charge on any atom is -0.494 e. The molecule has 1 aromatic rings. The summed E-state index contributed by atoms with van der Waals surface area (Å²) >= 11 is 0. The minimum atomic E-state index is -1.13. The highest BCUT2D eigenvalue weighted by molar-refractivity contribution is 6.45. The second-order valence-corrected chi connectivity index (χ2v) is 9.71. The number of ether oxygens (including phenoxy) is 2. The van der Waals surface area contributed by atoms with Crippen LogP contribution in [0.1, 0.15) is 54.0 Å². The van der Waals surface area contributed by atoms with Crippen LogP contribution in [-0.4, -0.2) is 53.7 Å². The van der Waals surface area contributed by atoms with E-state index in [4.69, 9.17) is 18.8 Å². The normalized spacial score (nSPS) is 18.4. The first-order valence-corrected chi connectivity index (χ1v) is 10.5. The number of carbonyl (C=O) groups excluding carboxylic acids is 1. The Balaban J connectivity index is 1.84. The molecule has 1 fully saturated rings. The van der Waals surface area contributed by atoms with E-state index >= 15 is 0 Å². The van der Waals surface area contributed by atoms with Gasteiger partial charge in [-0.2, -0.15) is 0 Å². The van der Waals surface area contributed by atoms with Crippen molar-refractivity contribution >= 4 is 19.2 Å². The van der Waals surface area contributed by atoms with Gasteiger partial charge in [-0.05, 0) is 66.2 Å². The highest BCUT2D eigenvalue weighted by atomic mass is 16.7. The van der Waals surface area contributed by atoms with Crippen LogP contribution in [0.4, 0.5) is 4.79 Å². The van der Waals surface area contributed by atoms with Crippen molar-refractivity contribution < 1.29 is 33.5 Å². The number of rotatable bonds is 8. The second kappa shape index (κ2) is 9.48. The molecule has 1 unspecified atom stereocenters. The van der Waals surface area contributed by atoms with Crippen LogP contribution in [0.25, 0.3) is 0 Å². The lowest BCUT2D eigenvalue weighted by molar-refractivity contribution is -0.139. The van der Waals surface area contributed by atoms with Crippen LogP contribution in [0.2, 0.25) is 6.32 Å². The Morgan fingerprint density at radius 3 is 2.13 bits per heavy atom. The van der Waals surface area contributed by atoms with Gasteiger partial charge in [-0.25, -0.2) is 9.59 Å². The van der Waals surface area contributed by atoms with Crippen LogP contribution < -0.4 is 10.1 Å². The summed E-state index contributed by atoms with van der Waals surface area (Å²) in [6.07, 6.45) is -0.0410. The fourth-order valence-electron chi connectivity index (χ4n) is 2.96. The lowest BCUT2D eigenvalue weighted by atomic mass is 9.86. The number of hydrogen-bond donors (Lipinski definition) is 2. The van der Waals surface area contributed by atoms with Crippen molar-refractivity contribution in [3.63, 3.8) is 0 Å². The summed E-state index contributed by atoms with van der Waals surface area (Å²) in [4.78, 5) is 23.4. The van der Waals surface area contributed by atoms with E-state index in [-0.39, 0.29) is 24.7 Å². The van der Waals surface area contributed by atoms with Crippen molar-refractivity contribution in [3.05, 3.63) is 29.8 Å². The van der Waals surface area contributed by atoms with Crippen LogP contribution in [-0.2, 0) is 25.3 Å². The Hall–Kier alpha value is -2.26. The molecule has 172 valence electrons. The van der Waals surface area contributed by atoms with E-state index in [2.05, 4.69) is 5.32 Å². The van der Waals surface area contributed by atoms with Gasteiger partial charge in [0.25, 0.3) is 0 Å². The van der Waals surface area contributed by atoms with E-state index < -0.39 is 23.7 Å². The molecule has 0 spiro atoms. The zero-order valence-corrected chi connectivity index (χ0v) is 19.5. The number of amides is 1. The monoisotopic (exact) mass is 435 g/mol. The minimum absolute atomic E-state index is 0.128. The van der Waals surface area contributed by atoms with Gasteiger partial charge in [-0.3, -0.25) is 0 Å². The predicted molar refractivity (Wildman–Crippen MR) is 117 cm³/mol. The molecule has 1 aliphatic rings. The Morgan fingerprint density at radius 1 is 1.10 bits per heavy atom. The summed E-state index contributed by atoms with van der Waals surface area (Å²) in [7, 11) is -0.320. The van der Waals surface area contributed by atoms with E-state index in [0.29, 0.717) is 18.7 Å². The largest absolute Gasteiger partial charge is 0.494 e. The number of aliphatic carboxylic acids is 1. The molecule has 1 aliphatic heterocycles. The average Bonchev–Trinajstić information content (AvgIpc) is 2.80. The molecule has 1 amide bonds. The van der Waals surface area contributed by atoms with E-state index in [9.17, 15) is 14.7 Å². The molecule has 2 rings (SSSR count). The fourth-order valence-corrected chi connectivity index (χ4v) is 2.96. The molecule has 0 aliphatic carbocycles.